The van der Waals surface area contributed by atoms with Crippen LogP contribution in [0.4, 0.5) is 10.6 Å². The van der Waals surface area contributed by atoms with E-state index in [2.05, 4.69) is 43.2 Å². The molecule has 20 heavy (non-hydrogen) atoms. The molecule has 1 fully saturated rings. The molecule has 0 radical (unpaired) electrons. The first-order chi connectivity index (χ1) is 9.70. The maximum absolute atomic E-state index is 11.9. The summed E-state index contributed by atoms with van der Waals surface area (Å²) in [7, 11) is 0. The molecule has 3 rings (SSSR count). The quantitative estimate of drug-likeness (QED) is 0.784. The molecule has 0 spiro atoms. The number of carbonyl (C=O) groups is 1. The summed E-state index contributed by atoms with van der Waals surface area (Å²) >= 11 is 2.20. The zero-order valence-electron chi connectivity index (χ0n) is 10.9. The van der Waals surface area contributed by atoms with Crippen LogP contribution >= 0.6 is 22.6 Å². The molecule has 0 unspecified atom stereocenters. The molecule has 2 amide bonds. The van der Waals surface area contributed by atoms with Crippen molar-refractivity contribution in [3.63, 3.8) is 0 Å². The maximum atomic E-state index is 11.9. The zero-order chi connectivity index (χ0) is 13.9. The summed E-state index contributed by atoms with van der Waals surface area (Å²) in [5.74, 6) is 0.553. The fourth-order valence-corrected chi connectivity index (χ4v) is 2.89. The van der Waals surface area contributed by atoms with E-state index in [1.54, 1.807) is 12.3 Å². The molecule has 2 N–H and O–H groups in total. The van der Waals surface area contributed by atoms with Crippen LogP contribution in [0.25, 0.3) is 11.0 Å². The van der Waals surface area contributed by atoms with Crippen LogP contribution in [0.1, 0.15) is 25.7 Å². The Hall–Kier alpha value is -1.44. The summed E-state index contributed by atoms with van der Waals surface area (Å²) in [6.45, 7) is 0. The van der Waals surface area contributed by atoms with Crippen molar-refractivity contribution in [2.75, 3.05) is 5.32 Å². The molecule has 2 aromatic rings. The Morgan fingerprint density at radius 3 is 2.85 bits per heavy atom. The van der Waals surface area contributed by atoms with Gasteiger partial charge in [-0.05, 0) is 53.6 Å². The van der Waals surface area contributed by atoms with E-state index in [9.17, 15) is 4.79 Å². The van der Waals surface area contributed by atoms with E-state index >= 15 is 0 Å². The van der Waals surface area contributed by atoms with Gasteiger partial charge in [0, 0.05) is 15.8 Å². The Balaban J connectivity index is 1.71. The van der Waals surface area contributed by atoms with Crippen LogP contribution in [-0.2, 0) is 0 Å². The summed E-state index contributed by atoms with van der Waals surface area (Å²) in [4.78, 5) is 20.6. The number of nitrogens with one attached hydrogen (secondary N) is 2. The van der Waals surface area contributed by atoms with Crippen LogP contribution in [-0.4, -0.2) is 22.0 Å². The largest absolute Gasteiger partial charge is 0.335 e. The van der Waals surface area contributed by atoms with Gasteiger partial charge in [-0.3, -0.25) is 10.3 Å². The van der Waals surface area contributed by atoms with Crippen molar-refractivity contribution < 1.29 is 4.79 Å². The number of fused-ring (bicyclic) bond motifs is 1. The molecule has 0 aliphatic heterocycles. The van der Waals surface area contributed by atoms with Gasteiger partial charge in [0.25, 0.3) is 0 Å². The van der Waals surface area contributed by atoms with Crippen molar-refractivity contribution in [1.29, 1.82) is 0 Å². The fourth-order valence-electron chi connectivity index (χ4n) is 2.46. The number of urea groups is 1. The van der Waals surface area contributed by atoms with Crippen LogP contribution in [0.3, 0.4) is 0 Å². The SMILES string of the molecule is O=C(Nc1ccc2ncc(I)cc2n1)NC1CCCC1. The van der Waals surface area contributed by atoms with E-state index in [1.807, 2.05) is 12.1 Å². The third-order valence-corrected chi connectivity index (χ3v) is 4.03. The van der Waals surface area contributed by atoms with E-state index in [-0.39, 0.29) is 6.03 Å². The number of anilines is 1. The Morgan fingerprint density at radius 1 is 1.25 bits per heavy atom. The van der Waals surface area contributed by atoms with Crippen LogP contribution in [0.5, 0.6) is 0 Å². The van der Waals surface area contributed by atoms with Gasteiger partial charge in [0.05, 0.1) is 11.0 Å². The predicted molar refractivity (Wildman–Crippen MR) is 86.7 cm³/mol. The first-order valence-electron chi connectivity index (χ1n) is 6.70. The monoisotopic (exact) mass is 382 g/mol. The van der Waals surface area contributed by atoms with E-state index in [0.717, 1.165) is 27.4 Å². The van der Waals surface area contributed by atoms with Gasteiger partial charge in [-0.1, -0.05) is 12.8 Å². The Bertz CT molecular complexity index is 640. The minimum atomic E-state index is -0.178. The predicted octanol–water partition coefficient (Wildman–Crippen LogP) is 3.30. The first-order valence-corrected chi connectivity index (χ1v) is 7.78. The van der Waals surface area contributed by atoms with Gasteiger partial charge in [0.2, 0.25) is 0 Å². The van der Waals surface area contributed by atoms with Crippen molar-refractivity contribution in [3.8, 4) is 0 Å². The molecular formula is C14H15IN4O. The standard InChI is InChI=1S/C14H15IN4O/c15-9-7-12-11(16-8-9)5-6-13(18-12)19-14(20)17-10-3-1-2-4-10/h5-8,10H,1-4H2,(H2,17,18,19,20). The summed E-state index contributed by atoms with van der Waals surface area (Å²) in [6, 6.07) is 5.71. The van der Waals surface area contributed by atoms with Crippen molar-refractivity contribution >= 4 is 45.5 Å². The molecule has 1 saturated carbocycles. The highest BCUT2D eigenvalue weighted by molar-refractivity contribution is 14.1. The lowest BCUT2D eigenvalue weighted by molar-refractivity contribution is 0.248. The van der Waals surface area contributed by atoms with Crippen molar-refractivity contribution in [1.82, 2.24) is 15.3 Å². The lowest BCUT2D eigenvalue weighted by atomic mass is 10.2. The molecule has 104 valence electrons. The van der Waals surface area contributed by atoms with Crippen molar-refractivity contribution in [3.05, 3.63) is 28.0 Å². The molecule has 0 aromatic carbocycles. The van der Waals surface area contributed by atoms with Gasteiger partial charge in [-0.2, -0.15) is 0 Å². The summed E-state index contributed by atoms with van der Waals surface area (Å²) in [6.07, 6.45) is 6.33. The second-order valence-electron chi connectivity index (χ2n) is 4.97. The third-order valence-electron chi connectivity index (χ3n) is 3.44. The van der Waals surface area contributed by atoms with Gasteiger partial charge in [0.1, 0.15) is 5.82 Å². The number of aromatic nitrogens is 2. The van der Waals surface area contributed by atoms with Crippen molar-refractivity contribution in [2.45, 2.75) is 31.7 Å². The van der Waals surface area contributed by atoms with Gasteiger partial charge in [-0.15, -0.1) is 0 Å². The summed E-state index contributed by atoms with van der Waals surface area (Å²) in [5, 5.41) is 5.77. The summed E-state index contributed by atoms with van der Waals surface area (Å²) in [5.41, 5.74) is 1.61. The number of halogens is 1. The highest BCUT2D eigenvalue weighted by Crippen LogP contribution is 2.18. The van der Waals surface area contributed by atoms with E-state index in [1.165, 1.54) is 12.8 Å². The van der Waals surface area contributed by atoms with Crippen molar-refractivity contribution in [2.24, 2.45) is 0 Å². The Labute approximate surface area is 130 Å². The number of amides is 2. The zero-order valence-corrected chi connectivity index (χ0v) is 13.1. The van der Waals surface area contributed by atoms with Crippen LogP contribution in [0.2, 0.25) is 0 Å². The van der Waals surface area contributed by atoms with Gasteiger partial charge in [0.15, 0.2) is 0 Å². The van der Waals surface area contributed by atoms with Gasteiger partial charge >= 0.3 is 6.03 Å². The highest BCUT2D eigenvalue weighted by atomic mass is 127. The number of rotatable bonds is 2. The van der Waals surface area contributed by atoms with Gasteiger partial charge < -0.3 is 5.32 Å². The molecule has 0 bridgehead atoms. The Morgan fingerprint density at radius 2 is 2.05 bits per heavy atom. The maximum Gasteiger partial charge on any atom is 0.320 e. The number of carbonyl (C=O) groups excluding carboxylic acids is 1. The topological polar surface area (TPSA) is 66.9 Å². The molecule has 0 atom stereocenters. The molecule has 2 aromatic heterocycles. The van der Waals surface area contributed by atoms with Gasteiger partial charge in [-0.25, -0.2) is 9.78 Å². The fraction of sp³-hybridized carbons (Fsp3) is 0.357. The molecule has 0 saturated heterocycles. The van der Waals surface area contributed by atoms with E-state index in [0.29, 0.717) is 11.9 Å². The molecule has 1 aliphatic carbocycles. The number of pyridine rings is 2. The molecule has 2 heterocycles. The lowest BCUT2D eigenvalue weighted by Gasteiger charge is -2.12. The molecular weight excluding hydrogens is 367 g/mol. The smallest absolute Gasteiger partial charge is 0.320 e. The average molecular weight is 382 g/mol. The summed E-state index contributed by atoms with van der Waals surface area (Å²) < 4.78 is 1.02. The number of hydrogen-bond donors (Lipinski definition) is 2. The molecule has 6 heteroatoms. The Kier molecular flexibility index (Phi) is 4.00. The van der Waals surface area contributed by atoms with Crippen LogP contribution in [0.15, 0.2) is 24.4 Å². The highest BCUT2D eigenvalue weighted by Gasteiger charge is 2.17. The number of hydrogen-bond acceptors (Lipinski definition) is 3. The second-order valence-corrected chi connectivity index (χ2v) is 6.21. The molecule has 1 aliphatic rings. The minimum absolute atomic E-state index is 0.178. The van der Waals surface area contributed by atoms with Crippen LogP contribution < -0.4 is 10.6 Å². The second kappa shape index (κ2) is 5.90. The number of nitrogens with zero attached hydrogens (tertiary/aromatic N) is 2. The first kappa shape index (κ1) is 13.5. The van der Waals surface area contributed by atoms with E-state index in [4.69, 9.17) is 0 Å². The normalized spacial score (nSPS) is 15.4. The third kappa shape index (κ3) is 3.17. The minimum Gasteiger partial charge on any atom is -0.335 e. The molecule has 5 nitrogen and oxygen atoms in total. The van der Waals surface area contributed by atoms with Crippen LogP contribution in [0, 0.1) is 3.57 Å². The average Bonchev–Trinajstić information content (AvgIpc) is 2.91. The lowest BCUT2D eigenvalue weighted by Crippen LogP contribution is -2.36. The van der Waals surface area contributed by atoms with E-state index < -0.39 is 0 Å².